The number of pyridine rings is 1. The second kappa shape index (κ2) is 6.58. The Balaban J connectivity index is 2.02. The number of carbonyl (C=O) groups excluding carboxylic acids is 1. The molecule has 0 aliphatic rings. The van der Waals surface area contributed by atoms with E-state index in [0.717, 1.165) is 5.69 Å². The van der Waals surface area contributed by atoms with Gasteiger partial charge in [-0.3, -0.25) is 10.1 Å². The third kappa shape index (κ3) is 3.85. The molecule has 0 bridgehead atoms. The highest BCUT2D eigenvalue weighted by Gasteiger charge is 2.11. The predicted molar refractivity (Wildman–Crippen MR) is 86.8 cm³/mol. The van der Waals surface area contributed by atoms with E-state index in [9.17, 15) is 4.79 Å². The van der Waals surface area contributed by atoms with E-state index in [-0.39, 0.29) is 11.0 Å². The van der Waals surface area contributed by atoms with Crippen LogP contribution in [-0.2, 0) is 0 Å². The molecule has 2 aromatic rings. The molecule has 0 fully saturated rings. The second-order valence-corrected chi connectivity index (χ2v) is 5.31. The van der Waals surface area contributed by atoms with Crippen molar-refractivity contribution in [1.82, 2.24) is 10.3 Å². The molecule has 0 aliphatic carbocycles. The molecule has 0 spiro atoms. The summed E-state index contributed by atoms with van der Waals surface area (Å²) in [6, 6.07) is 12.7. The minimum absolute atomic E-state index is 0.212. The average molecular weight is 350 g/mol. The van der Waals surface area contributed by atoms with Crippen LogP contribution in [0, 0.1) is 6.92 Å². The molecule has 0 atom stereocenters. The van der Waals surface area contributed by atoms with Crippen molar-refractivity contribution in [3.63, 3.8) is 0 Å². The van der Waals surface area contributed by atoms with Gasteiger partial charge < -0.3 is 5.32 Å². The SMILES string of the molecule is Cc1cccc(NC(=S)NC(=O)c2ccccc2Br)n1. The van der Waals surface area contributed by atoms with Crippen LogP contribution in [0.2, 0.25) is 0 Å². The number of halogens is 1. The summed E-state index contributed by atoms with van der Waals surface area (Å²) in [7, 11) is 0. The summed E-state index contributed by atoms with van der Waals surface area (Å²) in [5, 5.41) is 5.70. The van der Waals surface area contributed by atoms with Crippen LogP contribution in [-0.4, -0.2) is 16.0 Å². The summed E-state index contributed by atoms with van der Waals surface area (Å²) in [5.74, 6) is 0.324. The maximum Gasteiger partial charge on any atom is 0.258 e. The van der Waals surface area contributed by atoms with Crippen LogP contribution in [0.15, 0.2) is 46.9 Å². The number of nitrogens with one attached hydrogen (secondary N) is 2. The number of carbonyl (C=O) groups is 1. The molecule has 102 valence electrons. The van der Waals surface area contributed by atoms with E-state index >= 15 is 0 Å². The Morgan fingerprint density at radius 3 is 2.65 bits per heavy atom. The first-order valence-electron chi connectivity index (χ1n) is 5.87. The van der Waals surface area contributed by atoms with Gasteiger partial charge in [0, 0.05) is 10.2 Å². The maximum absolute atomic E-state index is 12.0. The van der Waals surface area contributed by atoms with Gasteiger partial charge in [-0.2, -0.15) is 0 Å². The largest absolute Gasteiger partial charge is 0.317 e. The molecule has 0 unspecified atom stereocenters. The number of rotatable bonds is 2. The second-order valence-electron chi connectivity index (χ2n) is 4.05. The van der Waals surface area contributed by atoms with Crippen molar-refractivity contribution >= 4 is 45.0 Å². The molecule has 2 rings (SSSR count). The number of nitrogens with zero attached hydrogens (tertiary/aromatic N) is 1. The third-order valence-corrected chi connectivity index (χ3v) is 3.37. The lowest BCUT2D eigenvalue weighted by molar-refractivity contribution is 0.0977. The number of thiocarbonyl (C=S) groups is 1. The Morgan fingerprint density at radius 2 is 1.95 bits per heavy atom. The zero-order valence-electron chi connectivity index (χ0n) is 10.7. The van der Waals surface area contributed by atoms with Gasteiger partial charge in [-0.05, 0) is 59.3 Å². The molecule has 0 radical (unpaired) electrons. The van der Waals surface area contributed by atoms with Gasteiger partial charge in [0.25, 0.3) is 5.91 Å². The van der Waals surface area contributed by atoms with Gasteiger partial charge in [0.1, 0.15) is 5.82 Å². The molecule has 1 amide bonds. The summed E-state index contributed by atoms with van der Waals surface area (Å²) < 4.78 is 0.717. The Morgan fingerprint density at radius 1 is 1.20 bits per heavy atom. The highest BCUT2D eigenvalue weighted by Crippen LogP contribution is 2.15. The summed E-state index contributed by atoms with van der Waals surface area (Å²) in [5.41, 5.74) is 1.39. The molecule has 4 nitrogen and oxygen atoms in total. The van der Waals surface area contributed by atoms with E-state index in [1.165, 1.54) is 0 Å². The van der Waals surface area contributed by atoms with Crippen LogP contribution in [0.25, 0.3) is 0 Å². The molecule has 0 saturated carbocycles. The van der Waals surface area contributed by atoms with Gasteiger partial charge in [0.15, 0.2) is 5.11 Å². The Labute approximate surface area is 130 Å². The Bertz CT molecular complexity index is 660. The monoisotopic (exact) mass is 349 g/mol. The van der Waals surface area contributed by atoms with Crippen molar-refractivity contribution in [1.29, 1.82) is 0 Å². The van der Waals surface area contributed by atoms with Crippen molar-refractivity contribution in [2.45, 2.75) is 6.92 Å². The summed E-state index contributed by atoms with van der Waals surface area (Å²) in [4.78, 5) is 16.3. The zero-order chi connectivity index (χ0) is 14.5. The highest BCUT2D eigenvalue weighted by molar-refractivity contribution is 9.10. The van der Waals surface area contributed by atoms with Gasteiger partial charge in [0.2, 0.25) is 0 Å². The van der Waals surface area contributed by atoms with Crippen molar-refractivity contribution in [2.24, 2.45) is 0 Å². The molecule has 20 heavy (non-hydrogen) atoms. The number of aromatic nitrogens is 1. The predicted octanol–water partition coefficient (Wildman–Crippen LogP) is 3.28. The smallest absolute Gasteiger partial charge is 0.258 e. The van der Waals surface area contributed by atoms with Crippen LogP contribution < -0.4 is 10.6 Å². The zero-order valence-corrected chi connectivity index (χ0v) is 13.1. The van der Waals surface area contributed by atoms with Crippen molar-refractivity contribution in [3.05, 3.63) is 58.2 Å². The first-order chi connectivity index (χ1) is 9.56. The van der Waals surface area contributed by atoms with Crippen molar-refractivity contribution in [2.75, 3.05) is 5.32 Å². The van der Waals surface area contributed by atoms with E-state index in [4.69, 9.17) is 12.2 Å². The fourth-order valence-corrected chi connectivity index (χ4v) is 2.24. The normalized spacial score (nSPS) is 9.90. The standard InChI is InChI=1S/C14H12BrN3OS/c1-9-5-4-8-12(16-9)17-14(20)18-13(19)10-6-2-3-7-11(10)15/h2-8H,1H3,(H2,16,17,18,19,20). The molecular weight excluding hydrogens is 338 g/mol. The lowest BCUT2D eigenvalue weighted by atomic mass is 10.2. The van der Waals surface area contributed by atoms with E-state index in [0.29, 0.717) is 15.9 Å². The number of hydrogen-bond acceptors (Lipinski definition) is 3. The molecule has 1 aromatic carbocycles. The van der Waals surface area contributed by atoms with Crippen LogP contribution >= 0.6 is 28.1 Å². The molecule has 2 N–H and O–H groups in total. The highest BCUT2D eigenvalue weighted by atomic mass is 79.9. The number of hydrogen-bond donors (Lipinski definition) is 2. The van der Waals surface area contributed by atoms with Crippen LogP contribution in [0.3, 0.4) is 0 Å². The molecule has 1 heterocycles. The first kappa shape index (κ1) is 14.6. The van der Waals surface area contributed by atoms with E-state index in [2.05, 4.69) is 31.5 Å². The Kier molecular flexibility index (Phi) is 4.81. The van der Waals surface area contributed by atoms with Gasteiger partial charge >= 0.3 is 0 Å². The summed E-state index contributed by atoms with van der Waals surface area (Å²) in [6.45, 7) is 1.88. The number of anilines is 1. The molecule has 0 aliphatic heterocycles. The molecule has 0 saturated heterocycles. The van der Waals surface area contributed by atoms with E-state index in [1.807, 2.05) is 25.1 Å². The van der Waals surface area contributed by atoms with E-state index in [1.54, 1.807) is 24.3 Å². The minimum atomic E-state index is -0.275. The van der Waals surface area contributed by atoms with Crippen LogP contribution in [0.4, 0.5) is 5.82 Å². The number of benzene rings is 1. The summed E-state index contributed by atoms with van der Waals surface area (Å²) >= 11 is 8.43. The van der Waals surface area contributed by atoms with E-state index < -0.39 is 0 Å². The molecular formula is C14H12BrN3OS. The van der Waals surface area contributed by atoms with Gasteiger partial charge in [-0.15, -0.1) is 0 Å². The Hall–Kier alpha value is -1.79. The van der Waals surface area contributed by atoms with Crippen LogP contribution in [0.5, 0.6) is 0 Å². The maximum atomic E-state index is 12.0. The molecule has 1 aromatic heterocycles. The third-order valence-electron chi connectivity index (χ3n) is 2.48. The van der Waals surface area contributed by atoms with Crippen LogP contribution in [0.1, 0.15) is 16.1 Å². The number of amides is 1. The lowest BCUT2D eigenvalue weighted by Crippen LogP contribution is -2.34. The van der Waals surface area contributed by atoms with Crippen molar-refractivity contribution < 1.29 is 4.79 Å². The van der Waals surface area contributed by atoms with Gasteiger partial charge in [-0.1, -0.05) is 18.2 Å². The van der Waals surface area contributed by atoms with Gasteiger partial charge in [-0.25, -0.2) is 4.98 Å². The average Bonchev–Trinajstić information content (AvgIpc) is 2.38. The quantitative estimate of drug-likeness (QED) is 0.817. The fraction of sp³-hybridized carbons (Fsp3) is 0.0714. The first-order valence-corrected chi connectivity index (χ1v) is 7.07. The summed E-state index contributed by atoms with van der Waals surface area (Å²) in [6.07, 6.45) is 0. The topological polar surface area (TPSA) is 54.0 Å². The van der Waals surface area contributed by atoms with Crippen molar-refractivity contribution in [3.8, 4) is 0 Å². The minimum Gasteiger partial charge on any atom is -0.317 e. The fourth-order valence-electron chi connectivity index (χ4n) is 1.58. The van der Waals surface area contributed by atoms with Gasteiger partial charge in [0.05, 0.1) is 5.56 Å². The molecule has 6 heteroatoms. The lowest BCUT2D eigenvalue weighted by Gasteiger charge is -2.10. The number of aryl methyl sites for hydroxylation is 1.